The molecule has 0 fully saturated rings. The van der Waals surface area contributed by atoms with Gasteiger partial charge in [0, 0.05) is 0 Å². The highest BCUT2D eigenvalue weighted by Crippen LogP contribution is 1.73. The predicted octanol–water partition coefficient (Wildman–Crippen LogP) is -0.478. The lowest BCUT2D eigenvalue weighted by atomic mass is 11.2. The van der Waals surface area contributed by atoms with Crippen molar-refractivity contribution in [3.8, 4) is 0 Å². The van der Waals surface area contributed by atoms with E-state index in [9.17, 15) is 0 Å². The van der Waals surface area contributed by atoms with Crippen LogP contribution < -0.4 is 5.48 Å². The lowest BCUT2D eigenvalue weighted by Crippen LogP contribution is -1.92. The van der Waals surface area contributed by atoms with E-state index < -0.39 is 0 Å². The second-order valence-electron chi connectivity index (χ2n) is 0.664. The van der Waals surface area contributed by atoms with Crippen molar-refractivity contribution in [1.29, 1.82) is 0 Å². The van der Waals surface area contributed by atoms with Crippen LogP contribution in [0.25, 0.3) is 0 Å². The molecular formula is C2H3N2O. The molecule has 0 spiro atoms. The van der Waals surface area contributed by atoms with Crippen LogP contribution in [-0.2, 0) is 4.84 Å². The van der Waals surface area contributed by atoms with Crippen molar-refractivity contribution in [1.82, 2.24) is 5.48 Å². The molecule has 3 nitrogen and oxygen atoms in total. The van der Waals surface area contributed by atoms with Gasteiger partial charge in [-0.25, -0.2) is 4.99 Å². The van der Waals surface area contributed by atoms with Crippen LogP contribution in [0.15, 0.2) is 4.99 Å². The molecule has 0 aromatic rings. The summed E-state index contributed by atoms with van der Waals surface area (Å²) in [7, 11) is 0. The van der Waals surface area contributed by atoms with Gasteiger partial charge in [-0.1, -0.05) is 0 Å². The standard InChI is InChI=1S/C2H3N2O/c1-3-2-5-4-1/h2H,1H2. The highest BCUT2D eigenvalue weighted by molar-refractivity contribution is 5.46. The summed E-state index contributed by atoms with van der Waals surface area (Å²) in [6.07, 6.45) is 1.32. The number of nitrogens with zero attached hydrogens (tertiary/aromatic N) is 2. The molecule has 1 rings (SSSR count). The number of hydrogen-bond donors (Lipinski definition) is 0. The van der Waals surface area contributed by atoms with Crippen LogP contribution in [0.3, 0.4) is 0 Å². The van der Waals surface area contributed by atoms with Crippen LogP contribution in [-0.4, -0.2) is 13.1 Å². The zero-order valence-corrected chi connectivity index (χ0v) is 2.59. The zero-order chi connectivity index (χ0) is 3.54. The quantitative estimate of drug-likeness (QED) is 0.380. The molecule has 5 heavy (non-hydrogen) atoms. The summed E-state index contributed by atoms with van der Waals surface area (Å²) in [5.74, 6) is 0. The van der Waals surface area contributed by atoms with E-state index in [-0.39, 0.29) is 0 Å². The Balaban J connectivity index is 2.32. The minimum Gasteiger partial charge on any atom is -0.374 e. The van der Waals surface area contributed by atoms with Gasteiger partial charge in [-0.05, 0) is 5.48 Å². The third-order valence-corrected chi connectivity index (χ3v) is 0.336. The highest BCUT2D eigenvalue weighted by atomic mass is 16.7. The number of aliphatic imine (C=N–C) groups is 1. The summed E-state index contributed by atoms with van der Waals surface area (Å²) >= 11 is 0. The molecule has 0 atom stereocenters. The van der Waals surface area contributed by atoms with E-state index in [1.807, 2.05) is 0 Å². The topological polar surface area (TPSA) is 35.7 Å². The molecule has 0 saturated carbocycles. The lowest BCUT2D eigenvalue weighted by molar-refractivity contribution is 0.214. The van der Waals surface area contributed by atoms with Gasteiger partial charge in [0.1, 0.15) is 6.67 Å². The molecule has 0 amide bonds. The minimum atomic E-state index is 0.472. The molecular weight excluding hydrogens is 68.0 g/mol. The first-order chi connectivity index (χ1) is 2.50. The summed E-state index contributed by atoms with van der Waals surface area (Å²) in [6, 6.07) is 0. The van der Waals surface area contributed by atoms with E-state index in [4.69, 9.17) is 0 Å². The van der Waals surface area contributed by atoms with Crippen molar-refractivity contribution in [2.75, 3.05) is 6.67 Å². The molecule has 0 aromatic carbocycles. The van der Waals surface area contributed by atoms with Gasteiger partial charge in [0.2, 0.25) is 0 Å². The fourth-order valence-corrected chi connectivity index (χ4v) is 0.167. The Morgan fingerprint density at radius 1 is 1.80 bits per heavy atom. The van der Waals surface area contributed by atoms with Crippen molar-refractivity contribution in [3.63, 3.8) is 0 Å². The van der Waals surface area contributed by atoms with Gasteiger partial charge in [-0.15, -0.1) is 0 Å². The first-order valence-electron chi connectivity index (χ1n) is 1.31. The van der Waals surface area contributed by atoms with Gasteiger partial charge in [0.25, 0.3) is 0 Å². The van der Waals surface area contributed by atoms with Crippen LogP contribution in [0.4, 0.5) is 0 Å². The molecule has 0 aliphatic carbocycles. The van der Waals surface area contributed by atoms with Gasteiger partial charge in [0.15, 0.2) is 6.40 Å². The van der Waals surface area contributed by atoms with Crippen molar-refractivity contribution in [3.05, 3.63) is 0 Å². The Kier molecular flexibility index (Phi) is 0.548. The van der Waals surface area contributed by atoms with E-state index in [0.717, 1.165) is 0 Å². The molecule has 0 N–H and O–H groups in total. The molecule has 0 unspecified atom stereocenters. The van der Waals surface area contributed by atoms with Crippen LogP contribution in [0, 0.1) is 0 Å². The van der Waals surface area contributed by atoms with Crippen molar-refractivity contribution < 1.29 is 4.84 Å². The van der Waals surface area contributed by atoms with Gasteiger partial charge in [-0.2, -0.15) is 0 Å². The lowest BCUT2D eigenvalue weighted by Gasteiger charge is -1.74. The summed E-state index contributed by atoms with van der Waals surface area (Å²) in [4.78, 5) is 7.85. The van der Waals surface area contributed by atoms with E-state index in [0.29, 0.717) is 6.67 Å². The Hall–Kier alpha value is -0.570. The zero-order valence-electron chi connectivity index (χ0n) is 2.59. The van der Waals surface area contributed by atoms with Crippen LogP contribution >= 0.6 is 0 Å². The molecule has 1 aliphatic heterocycles. The molecule has 1 radical (unpaired) electrons. The summed E-state index contributed by atoms with van der Waals surface area (Å²) in [6.45, 7) is 0.472. The smallest absolute Gasteiger partial charge is 0.200 e. The maximum absolute atomic E-state index is 4.28. The van der Waals surface area contributed by atoms with E-state index in [1.165, 1.54) is 6.40 Å². The monoisotopic (exact) mass is 71.0 g/mol. The third kappa shape index (κ3) is 0.357. The largest absolute Gasteiger partial charge is 0.374 e. The molecule has 1 aliphatic rings. The molecule has 1 heterocycles. The number of hydroxylamine groups is 1. The average molecular weight is 71.1 g/mol. The predicted molar refractivity (Wildman–Crippen MR) is 16.6 cm³/mol. The molecule has 0 bridgehead atoms. The molecule has 27 valence electrons. The SMILES string of the molecule is C1=NC[N]O1. The Bertz CT molecular complexity index is 45.6. The van der Waals surface area contributed by atoms with Crippen LogP contribution in [0.5, 0.6) is 0 Å². The maximum Gasteiger partial charge on any atom is 0.200 e. The van der Waals surface area contributed by atoms with E-state index in [1.54, 1.807) is 0 Å². The average Bonchev–Trinajstić information content (AvgIpc) is 1.76. The van der Waals surface area contributed by atoms with Gasteiger partial charge < -0.3 is 4.84 Å². The fourth-order valence-electron chi connectivity index (χ4n) is 0.167. The number of hydrogen-bond acceptors (Lipinski definition) is 2. The van der Waals surface area contributed by atoms with Crippen LogP contribution in [0.2, 0.25) is 0 Å². The Morgan fingerprint density at radius 3 is 3.00 bits per heavy atom. The second-order valence-corrected chi connectivity index (χ2v) is 0.664. The maximum atomic E-state index is 4.28. The minimum absolute atomic E-state index is 0.472. The highest BCUT2D eigenvalue weighted by Gasteiger charge is 1.85. The van der Waals surface area contributed by atoms with Crippen LogP contribution in [0.1, 0.15) is 0 Å². The first-order valence-corrected chi connectivity index (χ1v) is 1.31. The third-order valence-electron chi connectivity index (χ3n) is 0.336. The van der Waals surface area contributed by atoms with E-state index in [2.05, 4.69) is 15.3 Å². The normalized spacial score (nSPS) is 19.2. The van der Waals surface area contributed by atoms with Gasteiger partial charge in [0.05, 0.1) is 0 Å². The Morgan fingerprint density at radius 2 is 2.80 bits per heavy atom. The van der Waals surface area contributed by atoms with E-state index >= 15 is 0 Å². The van der Waals surface area contributed by atoms with Crippen molar-refractivity contribution >= 4 is 6.40 Å². The molecule has 0 aromatic heterocycles. The first kappa shape index (κ1) is 2.66. The van der Waals surface area contributed by atoms with Gasteiger partial charge in [-0.3, -0.25) is 0 Å². The molecule has 3 heteroatoms. The summed E-state index contributed by atoms with van der Waals surface area (Å²) in [5.41, 5.74) is 3.36. The fraction of sp³-hybridized carbons (Fsp3) is 0.500. The second kappa shape index (κ2) is 1.03. The summed E-state index contributed by atoms with van der Waals surface area (Å²) in [5, 5.41) is 0. The van der Waals surface area contributed by atoms with Crippen molar-refractivity contribution in [2.45, 2.75) is 0 Å². The number of rotatable bonds is 0. The molecule has 0 saturated heterocycles. The van der Waals surface area contributed by atoms with Crippen molar-refractivity contribution in [2.24, 2.45) is 4.99 Å². The summed E-state index contributed by atoms with van der Waals surface area (Å²) < 4.78 is 0. The van der Waals surface area contributed by atoms with Gasteiger partial charge >= 0.3 is 0 Å². The Labute approximate surface area is 29.6 Å².